The smallest absolute Gasteiger partial charge is 0.122 e. The van der Waals surface area contributed by atoms with Gasteiger partial charge in [0.05, 0.1) is 14.2 Å². The average molecular weight is 291 g/mol. The molecule has 0 aliphatic heterocycles. The van der Waals surface area contributed by atoms with E-state index in [-0.39, 0.29) is 0 Å². The van der Waals surface area contributed by atoms with Crippen LogP contribution >= 0.6 is 0 Å². The van der Waals surface area contributed by atoms with Gasteiger partial charge in [0.15, 0.2) is 0 Å². The maximum Gasteiger partial charge on any atom is 0.122 e. The Morgan fingerprint density at radius 3 is 2.29 bits per heavy atom. The van der Waals surface area contributed by atoms with Gasteiger partial charge in [0.2, 0.25) is 0 Å². The molecule has 2 rings (SSSR count). The van der Waals surface area contributed by atoms with Crippen LogP contribution in [-0.4, -0.2) is 27.3 Å². The summed E-state index contributed by atoms with van der Waals surface area (Å²) in [6.45, 7) is 2.29. The van der Waals surface area contributed by atoms with Gasteiger partial charge in [0.25, 0.3) is 0 Å². The van der Waals surface area contributed by atoms with Crippen LogP contribution in [0.4, 0.5) is 0 Å². The molecule has 0 unspecified atom stereocenters. The standard InChI is InChI=1S/C18H29NO2/c1-20-17-11-16(12-18(13-17)21-2)9-6-10-19-14-15-7-4-3-5-8-15/h11-13,15,19H,3-10,14H2,1-2H3. The van der Waals surface area contributed by atoms with E-state index in [9.17, 15) is 0 Å². The van der Waals surface area contributed by atoms with Crippen LogP contribution in [0.25, 0.3) is 0 Å². The van der Waals surface area contributed by atoms with E-state index in [1.54, 1.807) is 14.2 Å². The van der Waals surface area contributed by atoms with Crippen molar-refractivity contribution in [1.29, 1.82) is 0 Å². The van der Waals surface area contributed by atoms with Crippen LogP contribution in [-0.2, 0) is 6.42 Å². The fourth-order valence-electron chi connectivity index (χ4n) is 3.13. The SMILES string of the molecule is COc1cc(CCCNCC2CCCCC2)cc(OC)c1. The predicted octanol–water partition coefficient (Wildman–Crippen LogP) is 3.81. The van der Waals surface area contributed by atoms with Crippen LogP contribution in [0.2, 0.25) is 0 Å². The molecule has 1 saturated carbocycles. The molecule has 0 aromatic heterocycles. The Balaban J connectivity index is 1.68. The first-order chi connectivity index (χ1) is 10.3. The lowest BCUT2D eigenvalue weighted by Crippen LogP contribution is -2.25. The minimum absolute atomic E-state index is 0.875. The van der Waals surface area contributed by atoms with Crippen molar-refractivity contribution in [3.05, 3.63) is 23.8 Å². The Hall–Kier alpha value is -1.22. The minimum atomic E-state index is 0.875. The predicted molar refractivity (Wildman–Crippen MR) is 87.3 cm³/mol. The van der Waals surface area contributed by atoms with Crippen molar-refractivity contribution in [1.82, 2.24) is 5.32 Å². The molecule has 1 aromatic rings. The molecule has 1 fully saturated rings. The Bertz CT molecular complexity index is 391. The monoisotopic (exact) mass is 291 g/mol. The van der Waals surface area contributed by atoms with E-state index in [0.717, 1.165) is 36.8 Å². The second kappa shape index (κ2) is 8.93. The highest BCUT2D eigenvalue weighted by Crippen LogP contribution is 2.24. The fourth-order valence-corrected chi connectivity index (χ4v) is 3.13. The normalized spacial score (nSPS) is 15.9. The fraction of sp³-hybridized carbons (Fsp3) is 0.667. The van der Waals surface area contributed by atoms with Gasteiger partial charge in [0.1, 0.15) is 11.5 Å². The lowest BCUT2D eigenvalue weighted by molar-refractivity contribution is 0.342. The second-order valence-electron chi connectivity index (χ2n) is 6.03. The largest absolute Gasteiger partial charge is 0.497 e. The average Bonchev–Trinajstić information content (AvgIpc) is 2.55. The van der Waals surface area contributed by atoms with Crippen molar-refractivity contribution in [3.63, 3.8) is 0 Å². The number of methoxy groups -OCH3 is 2. The van der Waals surface area contributed by atoms with E-state index < -0.39 is 0 Å². The van der Waals surface area contributed by atoms with Gasteiger partial charge in [-0.05, 0) is 62.4 Å². The third-order valence-electron chi connectivity index (χ3n) is 4.39. The summed E-state index contributed by atoms with van der Waals surface area (Å²) in [5.41, 5.74) is 1.28. The third-order valence-corrected chi connectivity index (χ3v) is 4.39. The molecule has 0 heterocycles. The van der Waals surface area contributed by atoms with Gasteiger partial charge < -0.3 is 14.8 Å². The number of aryl methyl sites for hydroxylation is 1. The molecule has 0 saturated heterocycles. The van der Waals surface area contributed by atoms with E-state index in [0.29, 0.717) is 0 Å². The van der Waals surface area contributed by atoms with Crippen molar-refractivity contribution in [2.45, 2.75) is 44.9 Å². The first kappa shape index (κ1) is 16.2. The van der Waals surface area contributed by atoms with Crippen LogP contribution in [0.3, 0.4) is 0 Å². The summed E-state index contributed by atoms with van der Waals surface area (Å²) < 4.78 is 10.6. The molecule has 3 nitrogen and oxygen atoms in total. The number of rotatable bonds is 8. The number of hydrogen-bond acceptors (Lipinski definition) is 3. The molecule has 1 aromatic carbocycles. The summed E-state index contributed by atoms with van der Waals surface area (Å²) in [4.78, 5) is 0. The van der Waals surface area contributed by atoms with Crippen LogP contribution in [0.1, 0.15) is 44.1 Å². The molecule has 3 heteroatoms. The van der Waals surface area contributed by atoms with Gasteiger partial charge in [-0.15, -0.1) is 0 Å². The number of nitrogens with one attached hydrogen (secondary N) is 1. The zero-order chi connectivity index (χ0) is 14.9. The first-order valence-electron chi connectivity index (χ1n) is 8.24. The molecule has 0 bridgehead atoms. The molecule has 1 N–H and O–H groups in total. The highest BCUT2D eigenvalue weighted by molar-refractivity contribution is 5.38. The van der Waals surface area contributed by atoms with Gasteiger partial charge >= 0.3 is 0 Å². The van der Waals surface area contributed by atoms with E-state index in [4.69, 9.17) is 9.47 Å². The Morgan fingerprint density at radius 2 is 1.67 bits per heavy atom. The zero-order valence-corrected chi connectivity index (χ0v) is 13.5. The van der Waals surface area contributed by atoms with E-state index in [1.165, 1.54) is 44.2 Å². The molecule has 21 heavy (non-hydrogen) atoms. The molecule has 1 aliphatic carbocycles. The summed E-state index contributed by atoms with van der Waals surface area (Å²) in [6.07, 6.45) is 9.34. The number of ether oxygens (including phenoxy) is 2. The van der Waals surface area contributed by atoms with Gasteiger partial charge in [-0.25, -0.2) is 0 Å². The van der Waals surface area contributed by atoms with Gasteiger partial charge in [-0.1, -0.05) is 19.3 Å². The summed E-state index contributed by atoms with van der Waals surface area (Å²) >= 11 is 0. The summed E-state index contributed by atoms with van der Waals surface area (Å²) in [6, 6.07) is 6.12. The first-order valence-corrected chi connectivity index (χ1v) is 8.24. The van der Waals surface area contributed by atoms with Gasteiger partial charge in [0, 0.05) is 6.07 Å². The molecule has 0 radical (unpaired) electrons. The molecule has 1 aliphatic rings. The van der Waals surface area contributed by atoms with Crippen molar-refractivity contribution < 1.29 is 9.47 Å². The maximum atomic E-state index is 5.31. The van der Waals surface area contributed by atoms with Crippen LogP contribution in [0, 0.1) is 5.92 Å². The molecule has 0 spiro atoms. The Kier molecular flexibility index (Phi) is 6.87. The van der Waals surface area contributed by atoms with Crippen LogP contribution in [0.5, 0.6) is 11.5 Å². The van der Waals surface area contributed by atoms with Crippen molar-refractivity contribution >= 4 is 0 Å². The molecular formula is C18H29NO2. The Labute approximate surface area is 129 Å². The zero-order valence-electron chi connectivity index (χ0n) is 13.5. The Morgan fingerprint density at radius 1 is 1.00 bits per heavy atom. The van der Waals surface area contributed by atoms with E-state index in [1.807, 2.05) is 6.07 Å². The summed E-state index contributed by atoms with van der Waals surface area (Å²) in [7, 11) is 3.40. The van der Waals surface area contributed by atoms with E-state index >= 15 is 0 Å². The maximum absolute atomic E-state index is 5.31. The summed E-state index contributed by atoms with van der Waals surface area (Å²) in [5, 5.41) is 3.62. The number of benzene rings is 1. The van der Waals surface area contributed by atoms with Gasteiger partial charge in [-0.3, -0.25) is 0 Å². The third kappa shape index (κ3) is 5.58. The van der Waals surface area contributed by atoms with Crippen LogP contribution in [0.15, 0.2) is 18.2 Å². The highest BCUT2D eigenvalue weighted by Gasteiger charge is 2.12. The molecular weight excluding hydrogens is 262 g/mol. The second-order valence-corrected chi connectivity index (χ2v) is 6.03. The lowest BCUT2D eigenvalue weighted by atomic mass is 9.89. The van der Waals surface area contributed by atoms with Crippen molar-refractivity contribution in [2.24, 2.45) is 5.92 Å². The number of hydrogen-bond donors (Lipinski definition) is 1. The molecule has 0 atom stereocenters. The van der Waals surface area contributed by atoms with Crippen molar-refractivity contribution in [3.8, 4) is 11.5 Å². The van der Waals surface area contributed by atoms with Crippen LogP contribution < -0.4 is 14.8 Å². The lowest BCUT2D eigenvalue weighted by Gasteiger charge is -2.21. The highest BCUT2D eigenvalue weighted by atomic mass is 16.5. The van der Waals surface area contributed by atoms with Crippen molar-refractivity contribution in [2.75, 3.05) is 27.3 Å². The van der Waals surface area contributed by atoms with Gasteiger partial charge in [-0.2, -0.15) is 0 Å². The molecule has 118 valence electrons. The summed E-state index contributed by atoms with van der Waals surface area (Å²) in [5.74, 6) is 2.66. The minimum Gasteiger partial charge on any atom is -0.497 e. The quantitative estimate of drug-likeness (QED) is 0.739. The molecule has 0 amide bonds. The van der Waals surface area contributed by atoms with E-state index in [2.05, 4.69) is 17.4 Å². The topological polar surface area (TPSA) is 30.5 Å².